The van der Waals surface area contributed by atoms with Gasteiger partial charge in [0.05, 0.1) is 31.4 Å². The molecule has 1 fully saturated rings. The van der Waals surface area contributed by atoms with Crippen LogP contribution in [0.3, 0.4) is 0 Å². The first-order valence-electron chi connectivity index (χ1n) is 9.37. The van der Waals surface area contributed by atoms with E-state index in [1.807, 2.05) is 18.0 Å². The fourth-order valence-electron chi connectivity index (χ4n) is 3.30. The van der Waals surface area contributed by atoms with Crippen LogP contribution in [0.25, 0.3) is 0 Å². The minimum Gasteiger partial charge on any atom is -0.489 e. The molecule has 0 saturated carbocycles. The maximum Gasteiger partial charge on any atom is 0.254 e. The maximum absolute atomic E-state index is 12.7. The van der Waals surface area contributed by atoms with E-state index in [0.717, 1.165) is 5.69 Å². The summed E-state index contributed by atoms with van der Waals surface area (Å²) in [5.74, 6) is 0.0211. The Kier molecular flexibility index (Phi) is 6.35. The molecule has 0 bridgehead atoms. The number of hydrogen-bond donors (Lipinski definition) is 2. The van der Waals surface area contributed by atoms with Gasteiger partial charge in [0, 0.05) is 38.7 Å². The standard InChI is InChI=1S/C19H26N4O5/c1-22-14(11-18(25)21-5-4-17(20)24)12-28-16-3-2-13(10-15(16)22)19(26)23-6-8-27-9-7-23/h2-3,10,14H,4-9,11-12H2,1H3,(H2,20,24)(H,21,25)/t14-/m1/s1. The Hall–Kier alpha value is -2.81. The highest BCUT2D eigenvalue weighted by atomic mass is 16.5. The molecule has 0 aromatic heterocycles. The number of rotatable bonds is 6. The molecule has 1 aromatic rings. The molecule has 1 aromatic carbocycles. The van der Waals surface area contributed by atoms with Gasteiger partial charge in [0.15, 0.2) is 0 Å². The van der Waals surface area contributed by atoms with Crippen LogP contribution in [0, 0.1) is 0 Å². The number of nitrogens with one attached hydrogen (secondary N) is 1. The molecule has 2 aliphatic rings. The van der Waals surface area contributed by atoms with Gasteiger partial charge in [-0.1, -0.05) is 0 Å². The molecule has 9 nitrogen and oxygen atoms in total. The molecular formula is C19H26N4O5. The van der Waals surface area contributed by atoms with Crippen LogP contribution in [0.15, 0.2) is 18.2 Å². The van der Waals surface area contributed by atoms with Gasteiger partial charge in [-0.3, -0.25) is 14.4 Å². The Balaban J connectivity index is 1.65. The summed E-state index contributed by atoms with van der Waals surface area (Å²) in [5, 5.41) is 2.68. The molecular weight excluding hydrogens is 364 g/mol. The van der Waals surface area contributed by atoms with Crippen molar-refractivity contribution >= 4 is 23.4 Å². The predicted octanol–water partition coefficient (Wildman–Crippen LogP) is -0.262. The van der Waals surface area contributed by atoms with Crippen molar-refractivity contribution in [3.63, 3.8) is 0 Å². The third-order valence-electron chi connectivity index (χ3n) is 4.98. The van der Waals surface area contributed by atoms with Gasteiger partial charge in [-0.2, -0.15) is 0 Å². The highest BCUT2D eigenvalue weighted by Gasteiger charge is 2.28. The van der Waals surface area contributed by atoms with E-state index in [-0.39, 0.29) is 37.2 Å². The molecule has 1 saturated heterocycles. The number of hydrogen-bond acceptors (Lipinski definition) is 6. The second-order valence-corrected chi connectivity index (χ2v) is 6.93. The molecule has 152 valence electrons. The fraction of sp³-hybridized carbons (Fsp3) is 0.526. The molecule has 28 heavy (non-hydrogen) atoms. The predicted molar refractivity (Wildman–Crippen MR) is 102 cm³/mol. The Morgan fingerprint density at radius 3 is 2.71 bits per heavy atom. The number of fused-ring (bicyclic) bond motifs is 1. The number of likely N-dealkylation sites (N-methyl/N-ethyl adjacent to an activating group) is 1. The summed E-state index contributed by atoms with van der Waals surface area (Å²) < 4.78 is 11.1. The quantitative estimate of drug-likeness (QED) is 0.692. The number of nitrogens with two attached hydrogens (primary N) is 1. The minimum atomic E-state index is -0.454. The normalized spacial score (nSPS) is 18.8. The number of nitrogens with zero attached hydrogens (tertiary/aromatic N) is 2. The van der Waals surface area contributed by atoms with Crippen molar-refractivity contribution in [2.75, 3.05) is 51.4 Å². The summed E-state index contributed by atoms with van der Waals surface area (Å²) >= 11 is 0. The number of primary amides is 1. The Morgan fingerprint density at radius 1 is 1.25 bits per heavy atom. The van der Waals surface area contributed by atoms with Crippen molar-refractivity contribution in [1.82, 2.24) is 10.2 Å². The lowest BCUT2D eigenvalue weighted by molar-refractivity contribution is -0.122. The van der Waals surface area contributed by atoms with Crippen LogP contribution in [0.1, 0.15) is 23.2 Å². The van der Waals surface area contributed by atoms with Crippen molar-refractivity contribution in [2.24, 2.45) is 5.73 Å². The van der Waals surface area contributed by atoms with E-state index in [0.29, 0.717) is 44.2 Å². The zero-order valence-electron chi connectivity index (χ0n) is 16.0. The Morgan fingerprint density at radius 2 is 2.00 bits per heavy atom. The average molecular weight is 390 g/mol. The monoisotopic (exact) mass is 390 g/mol. The molecule has 3 N–H and O–H groups in total. The number of carbonyl (C=O) groups is 3. The molecule has 2 heterocycles. The summed E-state index contributed by atoms with van der Waals surface area (Å²) in [6, 6.07) is 5.20. The summed E-state index contributed by atoms with van der Waals surface area (Å²) in [4.78, 5) is 39.4. The van der Waals surface area contributed by atoms with E-state index in [4.69, 9.17) is 15.2 Å². The smallest absolute Gasteiger partial charge is 0.254 e. The Labute approximate surface area is 163 Å². The maximum atomic E-state index is 12.7. The lowest BCUT2D eigenvalue weighted by Gasteiger charge is -2.36. The van der Waals surface area contributed by atoms with Gasteiger partial charge < -0.3 is 30.3 Å². The largest absolute Gasteiger partial charge is 0.489 e. The number of anilines is 1. The lowest BCUT2D eigenvalue weighted by atomic mass is 10.1. The Bertz CT molecular complexity index is 748. The first-order chi connectivity index (χ1) is 13.5. The highest BCUT2D eigenvalue weighted by Crippen LogP contribution is 2.34. The van der Waals surface area contributed by atoms with Crippen LogP contribution in [-0.4, -0.2) is 75.2 Å². The van der Waals surface area contributed by atoms with Gasteiger partial charge in [-0.25, -0.2) is 0 Å². The van der Waals surface area contributed by atoms with Crippen molar-refractivity contribution in [2.45, 2.75) is 18.9 Å². The second kappa shape index (κ2) is 8.92. The van der Waals surface area contributed by atoms with Gasteiger partial charge in [-0.05, 0) is 18.2 Å². The average Bonchev–Trinajstić information content (AvgIpc) is 2.70. The molecule has 3 rings (SSSR count). The number of amides is 3. The van der Waals surface area contributed by atoms with Crippen LogP contribution in [0.4, 0.5) is 5.69 Å². The first-order valence-corrected chi connectivity index (χ1v) is 9.37. The van der Waals surface area contributed by atoms with Crippen LogP contribution >= 0.6 is 0 Å². The zero-order valence-corrected chi connectivity index (χ0v) is 16.0. The summed E-state index contributed by atoms with van der Waals surface area (Å²) in [7, 11) is 1.88. The highest BCUT2D eigenvalue weighted by molar-refractivity contribution is 5.96. The van der Waals surface area contributed by atoms with E-state index < -0.39 is 5.91 Å². The lowest BCUT2D eigenvalue weighted by Crippen LogP contribution is -2.44. The number of benzene rings is 1. The first kappa shape index (κ1) is 19.9. The van der Waals surface area contributed by atoms with E-state index in [9.17, 15) is 14.4 Å². The van der Waals surface area contributed by atoms with Crippen molar-refractivity contribution in [1.29, 1.82) is 0 Å². The fourth-order valence-corrected chi connectivity index (χ4v) is 3.30. The van der Waals surface area contributed by atoms with Crippen LogP contribution in [0.5, 0.6) is 5.75 Å². The molecule has 9 heteroatoms. The van der Waals surface area contributed by atoms with E-state index >= 15 is 0 Å². The molecule has 0 unspecified atom stereocenters. The molecule has 3 amide bonds. The van der Waals surface area contributed by atoms with E-state index in [1.54, 1.807) is 17.0 Å². The second-order valence-electron chi connectivity index (χ2n) is 6.93. The molecule has 0 aliphatic carbocycles. The van der Waals surface area contributed by atoms with E-state index in [1.165, 1.54) is 0 Å². The number of carbonyl (C=O) groups excluding carboxylic acids is 3. The number of ether oxygens (including phenoxy) is 2. The van der Waals surface area contributed by atoms with Crippen LogP contribution < -0.4 is 20.7 Å². The van der Waals surface area contributed by atoms with Gasteiger partial charge in [0.2, 0.25) is 11.8 Å². The molecule has 1 atom stereocenters. The topological polar surface area (TPSA) is 114 Å². The van der Waals surface area contributed by atoms with E-state index in [2.05, 4.69) is 5.32 Å². The minimum absolute atomic E-state index is 0.0363. The van der Waals surface area contributed by atoms with Crippen molar-refractivity contribution in [3.8, 4) is 5.75 Å². The van der Waals surface area contributed by atoms with Gasteiger partial charge in [0.25, 0.3) is 5.91 Å². The van der Waals surface area contributed by atoms with Crippen molar-refractivity contribution in [3.05, 3.63) is 23.8 Å². The van der Waals surface area contributed by atoms with Crippen molar-refractivity contribution < 1.29 is 23.9 Å². The molecule has 0 radical (unpaired) electrons. The van der Waals surface area contributed by atoms with Crippen LogP contribution in [-0.2, 0) is 14.3 Å². The van der Waals surface area contributed by atoms with Gasteiger partial charge in [0.1, 0.15) is 12.4 Å². The summed E-state index contributed by atoms with van der Waals surface area (Å²) in [5.41, 5.74) is 6.44. The summed E-state index contributed by atoms with van der Waals surface area (Å²) in [6.45, 7) is 2.84. The van der Waals surface area contributed by atoms with Gasteiger partial charge in [-0.15, -0.1) is 0 Å². The zero-order chi connectivity index (χ0) is 20.1. The SMILES string of the molecule is CN1c2cc(C(=O)N3CCOCC3)ccc2OC[C@H]1CC(=O)NCCC(N)=O. The van der Waals surface area contributed by atoms with Crippen LogP contribution in [0.2, 0.25) is 0 Å². The van der Waals surface area contributed by atoms with Gasteiger partial charge >= 0.3 is 0 Å². The summed E-state index contributed by atoms with van der Waals surface area (Å²) in [6.07, 6.45) is 0.328. The third-order valence-corrected chi connectivity index (χ3v) is 4.98. The molecule has 0 spiro atoms. The number of morpholine rings is 1. The molecule has 2 aliphatic heterocycles. The third kappa shape index (κ3) is 4.72.